The number of hydrogen-bond acceptors (Lipinski definition) is 2. The van der Waals surface area contributed by atoms with Gasteiger partial charge in [-0.05, 0) is 49.2 Å². The number of carbonyl (C=O) groups is 1. The van der Waals surface area contributed by atoms with E-state index in [1.54, 1.807) is 0 Å². The lowest BCUT2D eigenvalue weighted by Crippen LogP contribution is -2.40. The van der Waals surface area contributed by atoms with Crippen LogP contribution < -0.4 is 10.6 Å². The minimum absolute atomic E-state index is 0.0620. The van der Waals surface area contributed by atoms with Crippen LogP contribution in [0.3, 0.4) is 0 Å². The first-order valence-electron chi connectivity index (χ1n) is 9.48. The lowest BCUT2D eigenvalue weighted by molar-refractivity contribution is 0.236. The quantitative estimate of drug-likeness (QED) is 0.821. The molecule has 4 heteroatoms. The Balaban J connectivity index is 1.64. The maximum Gasteiger partial charge on any atom is 0.315 e. The average molecular weight is 351 g/mol. The summed E-state index contributed by atoms with van der Waals surface area (Å²) in [6, 6.07) is 17.2. The Labute approximate surface area is 156 Å². The molecule has 26 heavy (non-hydrogen) atoms. The molecule has 2 aromatic rings. The molecule has 0 unspecified atom stereocenters. The number of carbonyl (C=O) groups excluding carboxylic acids is 1. The summed E-state index contributed by atoms with van der Waals surface area (Å²) in [5.74, 6) is 0. The topological polar surface area (TPSA) is 44.4 Å². The van der Waals surface area contributed by atoms with Crippen molar-refractivity contribution in [2.45, 2.75) is 44.8 Å². The summed E-state index contributed by atoms with van der Waals surface area (Å²) in [6.07, 6.45) is 4.64. The zero-order valence-electron chi connectivity index (χ0n) is 15.8. The van der Waals surface area contributed by atoms with E-state index in [0.717, 1.165) is 24.9 Å². The van der Waals surface area contributed by atoms with Gasteiger partial charge in [-0.25, -0.2) is 4.79 Å². The fourth-order valence-corrected chi connectivity index (χ4v) is 3.59. The summed E-state index contributed by atoms with van der Waals surface area (Å²) in [5, 5.41) is 6.10. The van der Waals surface area contributed by atoms with Crippen LogP contribution in [0.5, 0.6) is 0 Å². The molecule has 0 atom stereocenters. The van der Waals surface area contributed by atoms with Crippen LogP contribution in [-0.2, 0) is 13.1 Å². The first kappa shape index (κ1) is 18.5. The molecule has 0 radical (unpaired) electrons. The predicted octanol–water partition coefficient (Wildman–Crippen LogP) is 4.16. The fraction of sp³-hybridized carbons (Fsp3) is 0.409. The van der Waals surface area contributed by atoms with Crippen LogP contribution in [0.25, 0.3) is 11.1 Å². The van der Waals surface area contributed by atoms with E-state index in [2.05, 4.69) is 66.0 Å². The molecule has 2 amide bonds. The molecule has 2 aromatic carbocycles. The standard InChI is InChI=1S/C22H29N3O/c1-25(2)16-17-11-13-18(14-12-17)21-10-6-3-7-19(21)15-23-22(26)24-20-8-4-5-9-20/h3,6-7,10-14,20H,4-5,8-9,15-16H2,1-2H3,(H2,23,24,26). The Bertz CT molecular complexity index is 718. The Hall–Kier alpha value is -2.33. The van der Waals surface area contributed by atoms with Crippen LogP contribution in [0.2, 0.25) is 0 Å². The van der Waals surface area contributed by atoms with E-state index in [-0.39, 0.29) is 6.03 Å². The lowest BCUT2D eigenvalue weighted by atomic mass is 9.98. The van der Waals surface area contributed by atoms with Crippen LogP contribution in [0.1, 0.15) is 36.8 Å². The van der Waals surface area contributed by atoms with Crippen molar-refractivity contribution in [1.82, 2.24) is 15.5 Å². The summed E-state index contributed by atoms with van der Waals surface area (Å²) < 4.78 is 0. The van der Waals surface area contributed by atoms with Crippen molar-refractivity contribution in [2.75, 3.05) is 14.1 Å². The molecule has 1 saturated carbocycles. The minimum atomic E-state index is -0.0620. The normalized spacial score (nSPS) is 14.6. The molecule has 2 N–H and O–H groups in total. The molecule has 1 aliphatic rings. The number of nitrogens with one attached hydrogen (secondary N) is 2. The van der Waals surface area contributed by atoms with Crippen molar-refractivity contribution in [2.24, 2.45) is 0 Å². The highest BCUT2D eigenvalue weighted by atomic mass is 16.2. The van der Waals surface area contributed by atoms with Crippen molar-refractivity contribution in [3.05, 3.63) is 59.7 Å². The third-order valence-corrected chi connectivity index (χ3v) is 4.91. The summed E-state index contributed by atoms with van der Waals surface area (Å²) >= 11 is 0. The molecule has 0 aromatic heterocycles. The van der Waals surface area contributed by atoms with Gasteiger partial charge in [0.05, 0.1) is 0 Å². The number of benzene rings is 2. The zero-order valence-corrected chi connectivity index (χ0v) is 15.8. The number of rotatable bonds is 6. The Morgan fingerprint density at radius 1 is 1.04 bits per heavy atom. The summed E-state index contributed by atoms with van der Waals surface area (Å²) in [6.45, 7) is 1.47. The molecule has 0 bridgehead atoms. The molecule has 0 aliphatic heterocycles. The zero-order chi connectivity index (χ0) is 18.4. The largest absolute Gasteiger partial charge is 0.335 e. The predicted molar refractivity (Wildman–Crippen MR) is 107 cm³/mol. The maximum absolute atomic E-state index is 12.1. The molecular weight excluding hydrogens is 322 g/mol. The summed E-state index contributed by atoms with van der Waals surface area (Å²) in [5.41, 5.74) is 4.78. The molecule has 3 rings (SSSR count). The van der Waals surface area contributed by atoms with Crippen molar-refractivity contribution in [3.63, 3.8) is 0 Å². The van der Waals surface area contributed by atoms with Gasteiger partial charge >= 0.3 is 6.03 Å². The van der Waals surface area contributed by atoms with Gasteiger partial charge in [-0.2, -0.15) is 0 Å². The molecular formula is C22H29N3O. The molecule has 0 spiro atoms. The first-order chi connectivity index (χ1) is 12.6. The smallest absolute Gasteiger partial charge is 0.315 e. The molecule has 0 saturated heterocycles. The van der Waals surface area contributed by atoms with Gasteiger partial charge in [0, 0.05) is 19.1 Å². The van der Waals surface area contributed by atoms with E-state index < -0.39 is 0 Å². The first-order valence-corrected chi connectivity index (χ1v) is 9.48. The number of amides is 2. The van der Waals surface area contributed by atoms with E-state index in [9.17, 15) is 4.79 Å². The van der Waals surface area contributed by atoms with Crippen molar-refractivity contribution < 1.29 is 4.79 Å². The van der Waals surface area contributed by atoms with Crippen LogP contribution in [0.15, 0.2) is 48.5 Å². The van der Waals surface area contributed by atoms with E-state index in [0.29, 0.717) is 12.6 Å². The lowest BCUT2D eigenvalue weighted by Gasteiger charge is -2.15. The summed E-state index contributed by atoms with van der Waals surface area (Å²) in [4.78, 5) is 14.3. The van der Waals surface area contributed by atoms with Gasteiger partial charge in [0.2, 0.25) is 0 Å². The second-order valence-corrected chi connectivity index (χ2v) is 7.40. The SMILES string of the molecule is CN(C)Cc1ccc(-c2ccccc2CNC(=O)NC2CCCC2)cc1. The van der Waals surface area contributed by atoms with Gasteiger partial charge in [0.1, 0.15) is 0 Å². The monoisotopic (exact) mass is 351 g/mol. The number of nitrogens with zero attached hydrogens (tertiary/aromatic N) is 1. The van der Waals surface area contributed by atoms with Gasteiger partial charge in [-0.1, -0.05) is 61.4 Å². The second kappa shape index (κ2) is 8.86. The van der Waals surface area contributed by atoms with Crippen LogP contribution >= 0.6 is 0 Å². The summed E-state index contributed by atoms with van der Waals surface area (Å²) in [7, 11) is 4.15. The van der Waals surface area contributed by atoms with Crippen LogP contribution in [0.4, 0.5) is 4.79 Å². The third kappa shape index (κ3) is 5.09. The van der Waals surface area contributed by atoms with Crippen molar-refractivity contribution >= 4 is 6.03 Å². The van der Waals surface area contributed by atoms with Gasteiger partial charge < -0.3 is 15.5 Å². The fourth-order valence-electron chi connectivity index (χ4n) is 3.59. The van der Waals surface area contributed by atoms with Gasteiger partial charge in [-0.3, -0.25) is 0 Å². The average Bonchev–Trinajstić information content (AvgIpc) is 3.13. The molecule has 0 heterocycles. The molecule has 4 nitrogen and oxygen atoms in total. The van der Waals surface area contributed by atoms with E-state index in [1.165, 1.54) is 29.5 Å². The van der Waals surface area contributed by atoms with E-state index in [4.69, 9.17) is 0 Å². The maximum atomic E-state index is 12.1. The molecule has 138 valence electrons. The second-order valence-electron chi connectivity index (χ2n) is 7.40. The minimum Gasteiger partial charge on any atom is -0.335 e. The number of urea groups is 1. The Kier molecular flexibility index (Phi) is 6.29. The van der Waals surface area contributed by atoms with E-state index >= 15 is 0 Å². The van der Waals surface area contributed by atoms with Crippen molar-refractivity contribution in [3.8, 4) is 11.1 Å². The highest BCUT2D eigenvalue weighted by Crippen LogP contribution is 2.24. The third-order valence-electron chi connectivity index (χ3n) is 4.91. The van der Waals surface area contributed by atoms with Gasteiger partial charge in [0.15, 0.2) is 0 Å². The highest BCUT2D eigenvalue weighted by Gasteiger charge is 2.17. The number of hydrogen-bond donors (Lipinski definition) is 2. The van der Waals surface area contributed by atoms with Crippen LogP contribution in [-0.4, -0.2) is 31.1 Å². The van der Waals surface area contributed by atoms with Crippen LogP contribution in [0, 0.1) is 0 Å². The molecule has 1 aliphatic carbocycles. The van der Waals surface area contributed by atoms with Crippen molar-refractivity contribution in [1.29, 1.82) is 0 Å². The molecule has 1 fully saturated rings. The highest BCUT2D eigenvalue weighted by molar-refractivity contribution is 5.75. The Morgan fingerprint density at radius 3 is 2.42 bits per heavy atom. The van der Waals surface area contributed by atoms with Gasteiger partial charge in [-0.15, -0.1) is 0 Å². The van der Waals surface area contributed by atoms with E-state index in [1.807, 2.05) is 12.1 Å². The Morgan fingerprint density at radius 2 is 1.73 bits per heavy atom. The van der Waals surface area contributed by atoms with Gasteiger partial charge in [0.25, 0.3) is 0 Å².